The molecule has 1 atom stereocenters. The van der Waals surface area contributed by atoms with Crippen LogP contribution in [0, 0.1) is 0 Å². The van der Waals surface area contributed by atoms with Crippen LogP contribution in [0.25, 0.3) is 0 Å². The minimum absolute atomic E-state index is 0.0807. The third-order valence-corrected chi connectivity index (χ3v) is 5.38. The molecule has 1 saturated heterocycles. The molecule has 0 radical (unpaired) electrons. The molecule has 0 spiro atoms. The Balaban J connectivity index is 1.34. The molecule has 29 heavy (non-hydrogen) atoms. The van der Waals surface area contributed by atoms with Gasteiger partial charge in [-0.15, -0.1) is 0 Å². The van der Waals surface area contributed by atoms with Crippen molar-refractivity contribution in [3.05, 3.63) is 42.5 Å². The molecule has 2 aliphatic rings. The molecule has 6 nitrogen and oxygen atoms in total. The fourth-order valence-electron chi connectivity index (χ4n) is 3.73. The maximum atomic E-state index is 12.6. The van der Waals surface area contributed by atoms with Crippen molar-refractivity contribution in [1.29, 1.82) is 0 Å². The Kier molecular flexibility index (Phi) is 6.08. The van der Waals surface area contributed by atoms with Crippen LogP contribution in [-0.4, -0.2) is 38.3 Å². The second-order valence-corrected chi connectivity index (χ2v) is 7.66. The summed E-state index contributed by atoms with van der Waals surface area (Å²) in [6.45, 7) is 5.37. The smallest absolute Gasteiger partial charge is 0.246 e. The number of rotatable bonds is 5. The number of carbonyl (C=O) groups excluding carboxylic acids is 1. The first-order valence-corrected chi connectivity index (χ1v) is 10.5. The molecule has 1 fully saturated rings. The Morgan fingerprint density at radius 2 is 1.59 bits per heavy atom. The van der Waals surface area contributed by atoms with E-state index in [1.165, 1.54) is 24.9 Å². The average Bonchev–Trinajstić information content (AvgIpc) is 3.00. The Labute approximate surface area is 172 Å². The van der Waals surface area contributed by atoms with Crippen molar-refractivity contribution in [2.45, 2.75) is 38.6 Å². The topological polar surface area (TPSA) is 62.8 Å². The number of piperidine rings is 1. The molecule has 2 heterocycles. The molecule has 0 aliphatic carbocycles. The molecular formula is C23H29N3O3. The van der Waals surface area contributed by atoms with Crippen LogP contribution in [0.3, 0.4) is 0 Å². The highest BCUT2D eigenvalue weighted by atomic mass is 16.5. The van der Waals surface area contributed by atoms with Crippen molar-refractivity contribution in [1.82, 2.24) is 0 Å². The van der Waals surface area contributed by atoms with Crippen molar-refractivity contribution in [2.24, 2.45) is 0 Å². The Morgan fingerprint density at radius 1 is 0.897 bits per heavy atom. The minimum atomic E-state index is -0.387. The number of amides is 1. The SMILES string of the molecule is CC(Nc1ccc2c(c1)OCCCO2)C(=O)Nc1ccc(N2CCCCC2)cc1. The van der Waals surface area contributed by atoms with Crippen LogP contribution in [0.15, 0.2) is 42.5 Å². The minimum Gasteiger partial charge on any atom is -0.490 e. The lowest BCUT2D eigenvalue weighted by Crippen LogP contribution is -2.32. The largest absolute Gasteiger partial charge is 0.490 e. The lowest BCUT2D eigenvalue weighted by molar-refractivity contribution is -0.116. The van der Waals surface area contributed by atoms with Crippen LogP contribution in [0.4, 0.5) is 17.1 Å². The molecule has 2 aromatic carbocycles. The van der Waals surface area contributed by atoms with E-state index in [9.17, 15) is 4.79 Å². The number of ether oxygens (including phenoxy) is 2. The molecule has 0 aromatic heterocycles. The molecule has 2 aromatic rings. The van der Waals surface area contributed by atoms with E-state index in [0.717, 1.165) is 36.6 Å². The van der Waals surface area contributed by atoms with Gasteiger partial charge in [-0.25, -0.2) is 0 Å². The summed E-state index contributed by atoms with van der Waals surface area (Å²) in [5.41, 5.74) is 2.86. The van der Waals surface area contributed by atoms with Crippen LogP contribution < -0.4 is 25.0 Å². The van der Waals surface area contributed by atoms with Crippen molar-refractivity contribution in [3.63, 3.8) is 0 Å². The van der Waals surface area contributed by atoms with Crippen LogP contribution in [0.2, 0.25) is 0 Å². The van der Waals surface area contributed by atoms with Crippen molar-refractivity contribution >= 4 is 23.0 Å². The molecule has 0 bridgehead atoms. The monoisotopic (exact) mass is 395 g/mol. The molecule has 1 unspecified atom stereocenters. The van der Waals surface area contributed by atoms with E-state index in [0.29, 0.717) is 19.0 Å². The maximum absolute atomic E-state index is 12.6. The van der Waals surface area contributed by atoms with Gasteiger partial charge in [0.05, 0.1) is 13.2 Å². The highest BCUT2D eigenvalue weighted by Crippen LogP contribution is 2.32. The lowest BCUT2D eigenvalue weighted by Gasteiger charge is -2.28. The lowest BCUT2D eigenvalue weighted by atomic mass is 10.1. The standard InChI is InChI=1S/C23H29N3O3/c1-17(24-19-8-11-21-22(16-19)29-15-5-14-28-21)23(27)25-18-6-9-20(10-7-18)26-12-3-2-4-13-26/h6-11,16-17,24H,2-5,12-15H2,1H3,(H,25,27). The predicted octanol–water partition coefficient (Wildman–Crippen LogP) is 4.28. The van der Waals surface area contributed by atoms with Gasteiger partial charge in [-0.1, -0.05) is 0 Å². The quantitative estimate of drug-likeness (QED) is 0.791. The third-order valence-electron chi connectivity index (χ3n) is 5.38. The Hall–Kier alpha value is -2.89. The van der Waals surface area contributed by atoms with E-state index in [4.69, 9.17) is 9.47 Å². The third kappa shape index (κ3) is 4.94. The van der Waals surface area contributed by atoms with Gasteiger partial charge < -0.3 is 25.0 Å². The van der Waals surface area contributed by atoms with Gasteiger partial charge in [0.1, 0.15) is 6.04 Å². The fraction of sp³-hybridized carbons (Fsp3) is 0.435. The molecule has 0 saturated carbocycles. The fourth-order valence-corrected chi connectivity index (χ4v) is 3.73. The first-order valence-electron chi connectivity index (χ1n) is 10.5. The van der Waals surface area contributed by atoms with Gasteiger partial charge in [0.25, 0.3) is 0 Å². The summed E-state index contributed by atoms with van der Waals surface area (Å²) in [5.74, 6) is 1.38. The van der Waals surface area contributed by atoms with Crippen LogP contribution in [0.1, 0.15) is 32.6 Å². The zero-order valence-corrected chi connectivity index (χ0v) is 16.9. The van der Waals surface area contributed by atoms with Crippen LogP contribution >= 0.6 is 0 Å². The highest BCUT2D eigenvalue weighted by molar-refractivity contribution is 5.96. The Morgan fingerprint density at radius 3 is 2.34 bits per heavy atom. The molecule has 154 valence electrons. The van der Waals surface area contributed by atoms with E-state index >= 15 is 0 Å². The second kappa shape index (κ2) is 9.07. The van der Waals surface area contributed by atoms with E-state index in [1.807, 2.05) is 37.3 Å². The van der Waals surface area contributed by atoms with Gasteiger partial charge in [-0.05, 0) is 62.6 Å². The number of nitrogens with zero attached hydrogens (tertiary/aromatic N) is 1. The van der Waals surface area contributed by atoms with E-state index in [2.05, 4.69) is 27.7 Å². The van der Waals surface area contributed by atoms with E-state index in [1.54, 1.807) is 0 Å². The van der Waals surface area contributed by atoms with Crippen LogP contribution in [0.5, 0.6) is 11.5 Å². The first-order chi connectivity index (χ1) is 14.2. The molecule has 4 rings (SSSR count). The van der Waals surface area contributed by atoms with Crippen LogP contribution in [-0.2, 0) is 4.79 Å². The summed E-state index contributed by atoms with van der Waals surface area (Å²) in [7, 11) is 0. The van der Waals surface area contributed by atoms with Crippen molar-refractivity contribution < 1.29 is 14.3 Å². The molecule has 2 N–H and O–H groups in total. The predicted molar refractivity (Wildman–Crippen MR) is 116 cm³/mol. The highest BCUT2D eigenvalue weighted by Gasteiger charge is 2.16. The zero-order chi connectivity index (χ0) is 20.1. The normalized spacial score (nSPS) is 17.2. The first kappa shape index (κ1) is 19.4. The number of benzene rings is 2. The number of nitrogens with one attached hydrogen (secondary N) is 2. The molecule has 6 heteroatoms. The maximum Gasteiger partial charge on any atom is 0.246 e. The number of fused-ring (bicyclic) bond motifs is 1. The number of anilines is 3. The van der Waals surface area contributed by atoms with Gasteiger partial charge in [-0.3, -0.25) is 4.79 Å². The van der Waals surface area contributed by atoms with E-state index < -0.39 is 0 Å². The summed E-state index contributed by atoms with van der Waals surface area (Å²) in [6, 6.07) is 13.4. The summed E-state index contributed by atoms with van der Waals surface area (Å²) in [4.78, 5) is 15.0. The van der Waals surface area contributed by atoms with Crippen molar-refractivity contribution in [2.75, 3.05) is 41.8 Å². The van der Waals surface area contributed by atoms with Gasteiger partial charge in [-0.2, -0.15) is 0 Å². The number of carbonyl (C=O) groups is 1. The van der Waals surface area contributed by atoms with Gasteiger partial charge in [0.2, 0.25) is 5.91 Å². The number of hydrogen-bond acceptors (Lipinski definition) is 5. The Bertz CT molecular complexity index is 832. The molecule has 2 aliphatic heterocycles. The van der Waals surface area contributed by atoms with Gasteiger partial charge >= 0.3 is 0 Å². The van der Waals surface area contributed by atoms with Crippen molar-refractivity contribution in [3.8, 4) is 11.5 Å². The summed E-state index contributed by atoms with van der Waals surface area (Å²) in [5, 5.41) is 6.23. The number of hydrogen-bond donors (Lipinski definition) is 2. The molecule has 1 amide bonds. The second-order valence-electron chi connectivity index (χ2n) is 7.66. The summed E-state index contributed by atoms with van der Waals surface area (Å²) in [6.07, 6.45) is 4.69. The molecular weight excluding hydrogens is 366 g/mol. The summed E-state index contributed by atoms with van der Waals surface area (Å²) < 4.78 is 11.4. The van der Waals surface area contributed by atoms with Gasteiger partial charge in [0, 0.05) is 42.6 Å². The zero-order valence-electron chi connectivity index (χ0n) is 16.9. The average molecular weight is 396 g/mol. The summed E-state index contributed by atoms with van der Waals surface area (Å²) >= 11 is 0. The van der Waals surface area contributed by atoms with E-state index in [-0.39, 0.29) is 11.9 Å². The van der Waals surface area contributed by atoms with Gasteiger partial charge in [0.15, 0.2) is 11.5 Å².